The van der Waals surface area contributed by atoms with Crippen LogP contribution in [-0.2, 0) is 6.42 Å². The Labute approximate surface area is 117 Å². The van der Waals surface area contributed by atoms with Crippen LogP contribution in [0.2, 0.25) is 10.0 Å². The van der Waals surface area contributed by atoms with Gasteiger partial charge in [0.15, 0.2) is 0 Å². The molecule has 1 aromatic rings. The second-order valence-corrected chi connectivity index (χ2v) is 6.13. The standard InChI is InChI=1S/C14H17Cl2NO/c15-11-3-1-2-10(13(11)16)8-12-14(18)9-4-6-17(12)7-5-9/h1-3,9,12,14,18H,4-8H2. The molecule has 0 aromatic heterocycles. The topological polar surface area (TPSA) is 23.5 Å². The van der Waals surface area contributed by atoms with Gasteiger partial charge in [-0.05, 0) is 49.9 Å². The third-order valence-electron chi connectivity index (χ3n) is 4.38. The van der Waals surface area contributed by atoms with Gasteiger partial charge in [-0.2, -0.15) is 0 Å². The van der Waals surface area contributed by atoms with E-state index in [1.807, 2.05) is 12.1 Å². The van der Waals surface area contributed by atoms with E-state index in [1.54, 1.807) is 6.07 Å². The van der Waals surface area contributed by atoms with Crippen LogP contribution in [0.5, 0.6) is 0 Å². The van der Waals surface area contributed by atoms with Gasteiger partial charge in [0.1, 0.15) is 0 Å². The summed E-state index contributed by atoms with van der Waals surface area (Å²) in [5.74, 6) is 0.470. The summed E-state index contributed by atoms with van der Waals surface area (Å²) in [4.78, 5) is 2.39. The Morgan fingerprint density at radius 1 is 1.22 bits per heavy atom. The Morgan fingerprint density at radius 2 is 1.94 bits per heavy atom. The van der Waals surface area contributed by atoms with Crippen molar-refractivity contribution in [2.75, 3.05) is 13.1 Å². The first-order chi connectivity index (χ1) is 8.66. The van der Waals surface area contributed by atoms with Crippen LogP contribution in [0.4, 0.5) is 0 Å². The predicted octanol–water partition coefficient (Wildman–Crippen LogP) is 2.99. The summed E-state index contributed by atoms with van der Waals surface area (Å²) in [5, 5.41) is 11.6. The molecule has 2 atom stereocenters. The van der Waals surface area contributed by atoms with E-state index in [0.717, 1.165) is 37.9 Å². The van der Waals surface area contributed by atoms with Gasteiger partial charge in [0.25, 0.3) is 0 Å². The lowest BCUT2D eigenvalue weighted by Gasteiger charge is -2.49. The average molecular weight is 286 g/mol. The SMILES string of the molecule is OC1C2CCN(CC2)C1Cc1cccc(Cl)c1Cl. The first-order valence-electron chi connectivity index (χ1n) is 6.52. The second kappa shape index (κ2) is 5.01. The van der Waals surface area contributed by atoms with Gasteiger partial charge in [0.2, 0.25) is 0 Å². The van der Waals surface area contributed by atoms with Crippen LogP contribution in [-0.4, -0.2) is 35.2 Å². The highest BCUT2D eigenvalue weighted by Crippen LogP contribution is 2.35. The highest BCUT2D eigenvalue weighted by atomic mass is 35.5. The molecule has 2 nitrogen and oxygen atoms in total. The van der Waals surface area contributed by atoms with Crippen LogP contribution in [0.3, 0.4) is 0 Å². The average Bonchev–Trinajstić information content (AvgIpc) is 2.39. The largest absolute Gasteiger partial charge is 0.391 e. The zero-order valence-electron chi connectivity index (χ0n) is 10.1. The highest BCUT2D eigenvalue weighted by molar-refractivity contribution is 6.42. The lowest BCUT2D eigenvalue weighted by Crippen LogP contribution is -2.58. The zero-order chi connectivity index (χ0) is 12.7. The number of rotatable bonds is 2. The van der Waals surface area contributed by atoms with E-state index in [2.05, 4.69) is 4.90 Å². The molecule has 0 spiro atoms. The molecular formula is C14H17Cl2NO. The number of piperidine rings is 3. The molecule has 3 saturated heterocycles. The van der Waals surface area contributed by atoms with Crippen molar-refractivity contribution in [3.63, 3.8) is 0 Å². The Bertz CT molecular complexity index is 441. The predicted molar refractivity (Wildman–Crippen MR) is 74.3 cm³/mol. The number of halogens is 2. The first-order valence-corrected chi connectivity index (χ1v) is 7.27. The number of aliphatic hydroxyl groups is 1. The molecule has 3 aliphatic rings. The van der Waals surface area contributed by atoms with Crippen LogP contribution in [0.1, 0.15) is 18.4 Å². The molecule has 2 bridgehead atoms. The molecule has 3 fully saturated rings. The zero-order valence-corrected chi connectivity index (χ0v) is 11.7. The summed E-state index contributed by atoms with van der Waals surface area (Å²) in [6, 6.07) is 5.93. The van der Waals surface area contributed by atoms with E-state index in [-0.39, 0.29) is 12.1 Å². The molecule has 98 valence electrons. The van der Waals surface area contributed by atoms with Crippen LogP contribution in [0, 0.1) is 5.92 Å². The molecule has 0 amide bonds. The van der Waals surface area contributed by atoms with Crippen molar-refractivity contribution in [1.82, 2.24) is 4.90 Å². The van der Waals surface area contributed by atoms with Crippen molar-refractivity contribution < 1.29 is 5.11 Å². The Kier molecular flexibility index (Phi) is 3.55. The molecule has 3 aliphatic heterocycles. The number of nitrogens with zero attached hydrogens (tertiary/aromatic N) is 1. The molecule has 1 N–H and O–H groups in total. The molecular weight excluding hydrogens is 269 g/mol. The van der Waals surface area contributed by atoms with Crippen molar-refractivity contribution >= 4 is 23.2 Å². The van der Waals surface area contributed by atoms with Crippen LogP contribution in [0.15, 0.2) is 18.2 Å². The van der Waals surface area contributed by atoms with Gasteiger partial charge in [-0.1, -0.05) is 35.3 Å². The van der Waals surface area contributed by atoms with Gasteiger partial charge in [0.05, 0.1) is 16.1 Å². The molecule has 4 heteroatoms. The Hall–Kier alpha value is -0.280. The van der Waals surface area contributed by atoms with Crippen molar-refractivity contribution in [2.24, 2.45) is 5.92 Å². The second-order valence-electron chi connectivity index (χ2n) is 5.35. The Balaban J connectivity index is 1.82. The van der Waals surface area contributed by atoms with E-state index < -0.39 is 0 Å². The van der Waals surface area contributed by atoms with Crippen LogP contribution < -0.4 is 0 Å². The number of aliphatic hydroxyl groups excluding tert-OH is 1. The summed E-state index contributed by atoms with van der Waals surface area (Å²) >= 11 is 12.3. The van der Waals surface area contributed by atoms with Crippen LogP contribution >= 0.6 is 23.2 Å². The van der Waals surface area contributed by atoms with Gasteiger partial charge < -0.3 is 5.11 Å². The number of benzene rings is 1. The summed E-state index contributed by atoms with van der Waals surface area (Å²) in [5.41, 5.74) is 1.04. The number of fused-ring (bicyclic) bond motifs is 3. The summed E-state index contributed by atoms with van der Waals surface area (Å²) in [6.45, 7) is 2.20. The van der Waals surface area contributed by atoms with Gasteiger partial charge in [-0.25, -0.2) is 0 Å². The quantitative estimate of drug-likeness (QED) is 0.903. The highest BCUT2D eigenvalue weighted by Gasteiger charge is 2.41. The van der Waals surface area contributed by atoms with E-state index in [1.165, 1.54) is 0 Å². The van der Waals surface area contributed by atoms with Crippen LogP contribution in [0.25, 0.3) is 0 Å². The van der Waals surface area contributed by atoms with E-state index in [9.17, 15) is 5.11 Å². The fourth-order valence-corrected chi connectivity index (χ4v) is 3.70. The maximum absolute atomic E-state index is 10.4. The van der Waals surface area contributed by atoms with Crippen molar-refractivity contribution in [3.8, 4) is 0 Å². The lowest BCUT2D eigenvalue weighted by molar-refractivity contribution is -0.0715. The fourth-order valence-electron chi connectivity index (χ4n) is 3.30. The van der Waals surface area contributed by atoms with E-state index >= 15 is 0 Å². The van der Waals surface area contributed by atoms with Gasteiger partial charge in [-0.3, -0.25) is 4.90 Å². The molecule has 0 saturated carbocycles. The summed E-state index contributed by atoms with van der Waals surface area (Å²) in [6.07, 6.45) is 2.82. The molecule has 4 rings (SSSR count). The maximum atomic E-state index is 10.4. The van der Waals surface area contributed by atoms with E-state index in [0.29, 0.717) is 16.0 Å². The molecule has 18 heavy (non-hydrogen) atoms. The first kappa shape index (κ1) is 12.7. The summed E-state index contributed by atoms with van der Waals surface area (Å²) < 4.78 is 0. The number of hydrogen-bond donors (Lipinski definition) is 1. The smallest absolute Gasteiger partial charge is 0.0727 e. The van der Waals surface area contributed by atoms with E-state index in [4.69, 9.17) is 23.2 Å². The minimum Gasteiger partial charge on any atom is -0.391 e. The van der Waals surface area contributed by atoms with Crippen molar-refractivity contribution in [1.29, 1.82) is 0 Å². The van der Waals surface area contributed by atoms with Gasteiger partial charge in [-0.15, -0.1) is 0 Å². The normalized spacial score (nSPS) is 34.8. The monoisotopic (exact) mass is 285 g/mol. The minimum atomic E-state index is -0.220. The molecule has 3 heterocycles. The molecule has 1 aromatic carbocycles. The molecule has 0 radical (unpaired) electrons. The van der Waals surface area contributed by atoms with Gasteiger partial charge in [0, 0.05) is 6.04 Å². The fraction of sp³-hybridized carbons (Fsp3) is 0.571. The minimum absolute atomic E-state index is 0.202. The van der Waals surface area contributed by atoms with Crippen molar-refractivity contribution in [2.45, 2.75) is 31.4 Å². The van der Waals surface area contributed by atoms with Crippen molar-refractivity contribution in [3.05, 3.63) is 33.8 Å². The third-order valence-corrected chi connectivity index (χ3v) is 5.24. The lowest BCUT2D eigenvalue weighted by atomic mass is 9.78. The maximum Gasteiger partial charge on any atom is 0.0727 e. The molecule has 0 aliphatic carbocycles. The summed E-state index contributed by atoms with van der Waals surface area (Å²) in [7, 11) is 0. The molecule has 2 unspecified atom stereocenters. The third kappa shape index (κ3) is 2.16. The Morgan fingerprint density at radius 3 is 2.61 bits per heavy atom. The number of hydrogen-bond acceptors (Lipinski definition) is 2. The van der Waals surface area contributed by atoms with Gasteiger partial charge >= 0.3 is 0 Å².